The molecule has 4 heteroatoms. The topological polar surface area (TPSA) is 72.6 Å². The van der Waals surface area contributed by atoms with E-state index in [-0.39, 0.29) is 12.5 Å². The van der Waals surface area contributed by atoms with Crippen molar-refractivity contribution in [1.82, 2.24) is 0 Å². The first-order chi connectivity index (χ1) is 8.92. The molecule has 0 bridgehead atoms. The van der Waals surface area contributed by atoms with Crippen LogP contribution in [-0.2, 0) is 11.2 Å². The second-order valence-corrected chi connectivity index (χ2v) is 5.23. The van der Waals surface area contributed by atoms with Crippen LogP contribution in [0.15, 0.2) is 24.3 Å². The Kier molecular flexibility index (Phi) is 5.36. The lowest BCUT2D eigenvalue weighted by molar-refractivity contribution is -0.139. The van der Waals surface area contributed by atoms with E-state index in [0.717, 1.165) is 17.7 Å². The quantitative estimate of drug-likeness (QED) is 0.794. The third-order valence-electron chi connectivity index (χ3n) is 3.68. The monoisotopic (exact) mass is 265 g/mol. The van der Waals surface area contributed by atoms with Crippen molar-refractivity contribution in [2.45, 2.75) is 39.2 Å². The molecule has 1 rings (SSSR count). The summed E-state index contributed by atoms with van der Waals surface area (Å²) >= 11 is 0. The van der Waals surface area contributed by atoms with Crippen molar-refractivity contribution >= 4 is 5.97 Å². The zero-order chi connectivity index (χ0) is 14.5. The van der Waals surface area contributed by atoms with Crippen molar-refractivity contribution in [3.05, 3.63) is 29.8 Å². The van der Waals surface area contributed by atoms with Crippen molar-refractivity contribution in [3.63, 3.8) is 0 Å². The highest BCUT2D eigenvalue weighted by atomic mass is 16.5. The number of methoxy groups -OCH3 is 1. The maximum absolute atomic E-state index is 11.1. The van der Waals surface area contributed by atoms with Gasteiger partial charge in [0, 0.05) is 6.04 Å². The van der Waals surface area contributed by atoms with Gasteiger partial charge in [-0.15, -0.1) is 0 Å². The molecular formula is C15H23NO3. The molecule has 0 fully saturated rings. The summed E-state index contributed by atoms with van der Waals surface area (Å²) in [6.45, 7) is 3.91. The number of aliphatic carboxylic acids is 1. The highest BCUT2D eigenvalue weighted by Crippen LogP contribution is 2.34. The molecule has 19 heavy (non-hydrogen) atoms. The Bertz CT molecular complexity index is 433. The molecule has 0 radical (unpaired) electrons. The molecule has 0 aliphatic rings. The van der Waals surface area contributed by atoms with E-state index in [9.17, 15) is 4.79 Å². The zero-order valence-corrected chi connectivity index (χ0v) is 11.8. The molecule has 4 nitrogen and oxygen atoms in total. The molecule has 0 saturated heterocycles. The minimum absolute atomic E-state index is 0.0556. The Morgan fingerprint density at radius 1 is 1.47 bits per heavy atom. The highest BCUT2D eigenvalue weighted by Gasteiger charge is 2.34. The van der Waals surface area contributed by atoms with Crippen LogP contribution in [0.4, 0.5) is 0 Å². The molecule has 2 unspecified atom stereocenters. The molecule has 1 aromatic carbocycles. The number of ether oxygens (including phenoxy) is 1. The van der Waals surface area contributed by atoms with Gasteiger partial charge < -0.3 is 15.6 Å². The van der Waals surface area contributed by atoms with Gasteiger partial charge in [0.05, 0.1) is 13.5 Å². The molecule has 106 valence electrons. The summed E-state index contributed by atoms with van der Waals surface area (Å²) in [6.07, 6.45) is 1.40. The molecular weight excluding hydrogens is 242 g/mol. The van der Waals surface area contributed by atoms with Crippen LogP contribution in [0.2, 0.25) is 0 Å². The van der Waals surface area contributed by atoms with Gasteiger partial charge in [0.2, 0.25) is 0 Å². The van der Waals surface area contributed by atoms with E-state index in [1.807, 2.05) is 38.1 Å². The Balaban J connectivity index is 3.03. The summed E-state index contributed by atoms with van der Waals surface area (Å²) in [5.41, 5.74) is 6.66. The summed E-state index contributed by atoms with van der Waals surface area (Å²) in [5, 5.41) is 9.11. The number of nitrogens with two attached hydrogens (primary N) is 1. The molecule has 2 atom stereocenters. The van der Waals surface area contributed by atoms with Gasteiger partial charge in [-0.1, -0.05) is 32.0 Å². The normalized spacial score (nSPS) is 15.6. The maximum atomic E-state index is 11.1. The summed E-state index contributed by atoms with van der Waals surface area (Å²) in [7, 11) is 1.62. The van der Waals surface area contributed by atoms with E-state index < -0.39 is 11.4 Å². The number of para-hydroxylation sites is 1. The predicted molar refractivity (Wildman–Crippen MR) is 75.3 cm³/mol. The summed E-state index contributed by atoms with van der Waals surface area (Å²) < 4.78 is 5.32. The number of carboxylic acid groups (broad SMARTS) is 1. The van der Waals surface area contributed by atoms with E-state index in [0.29, 0.717) is 6.42 Å². The van der Waals surface area contributed by atoms with Crippen LogP contribution in [0, 0.1) is 5.41 Å². The van der Waals surface area contributed by atoms with Crippen LogP contribution in [0.3, 0.4) is 0 Å². The minimum Gasteiger partial charge on any atom is -0.496 e. The summed E-state index contributed by atoms with van der Waals surface area (Å²) in [6, 6.07) is 7.51. The van der Waals surface area contributed by atoms with Crippen LogP contribution in [0.5, 0.6) is 5.75 Å². The smallest absolute Gasteiger partial charge is 0.303 e. The van der Waals surface area contributed by atoms with E-state index in [2.05, 4.69) is 0 Å². The van der Waals surface area contributed by atoms with Crippen LogP contribution in [0.25, 0.3) is 0 Å². The Morgan fingerprint density at radius 3 is 2.63 bits per heavy atom. The Labute approximate surface area is 114 Å². The van der Waals surface area contributed by atoms with Crippen LogP contribution in [-0.4, -0.2) is 24.2 Å². The fourth-order valence-electron chi connectivity index (χ4n) is 2.45. The maximum Gasteiger partial charge on any atom is 0.303 e. The van der Waals surface area contributed by atoms with E-state index >= 15 is 0 Å². The lowest BCUT2D eigenvalue weighted by atomic mass is 9.73. The third-order valence-corrected chi connectivity index (χ3v) is 3.68. The predicted octanol–water partition coefficient (Wildman–Crippen LogP) is 2.46. The van der Waals surface area contributed by atoms with Gasteiger partial charge >= 0.3 is 5.97 Å². The average Bonchev–Trinajstić information content (AvgIpc) is 2.37. The third kappa shape index (κ3) is 3.96. The molecule has 0 amide bonds. The average molecular weight is 265 g/mol. The first-order valence-corrected chi connectivity index (χ1v) is 6.52. The van der Waals surface area contributed by atoms with Gasteiger partial charge in [-0.2, -0.15) is 0 Å². The Hall–Kier alpha value is -1.55. The van der Waals surface area contributed by atoms with Gasteiger partial charge in [-0.3, -0.25) is 4.79 Å². The van der Waals surface area contributed by atoms with Crippen molar-refractivity contribution in [2.75, 3.05) is 7.11 Å². The number of carbonyl (C=O) groups is 1. The SMILES string of the molecule is CCC(N)C(C)(CC(=O)O)Cc1ccccc1OC. The first-order valence-electron chi connectivity index (χ1n) is 6.52. The van der Waals surface area contributed by atoms with Crippen molar-refractivity contribution in [3.8, 4) is 5.75 Å². The zero-order valence-electron chi connectivity index (χ0n) is 11.8. The number of carboxylic acids is 1. The summed E-state index contributed by atoms with van der Waals surface area (Å²) in [5.74, 6) is -0.0382. The highest BCUT2D eigenvalue weighted by molar-refractivity contribution is 5.68. The number of hydrogen-bond acceptors (Lipinski definition) is 3. The van der Waals surface area contributed by atoms with Crippen molar-refractivity contribution in [2.24, 2.45) is 11.1 Å². The molecule has 0 heterocycles. The van der Waals surface area contributed by atoms with Crippen LogP contribution in [0.1, 0.15) is 32.3 Å². The second-order valence-electron chi connectivity index (χ2n) is 5.23. The molecule has 0 aliphatic heterocycles. The fraction of sp³-hybridized carbons (Fsp3) is 0.533. The van der Waals surface area contributed by atoms with Crippen molar-refractivity contribution in [1.29, 1.82) is 0 Å². The van der Waals surface area contributed by atoms with E-state index in [1.54, 1.807) is 7.11 Å². The van der Waals surface area contributed by atoms with Crippen LogP contribution >= 0.6 is 0 Å². The molecule has 0 spiro atoms. The van der Waals surface area contributed by atoms with Gasteiger partial charge in [-0.25, -0.2) is 0 Å². The molecule has 0 aliphatic carbocycles. The van der Waals surface area contributed by atoms with Gasteiger partial charge in [0.25, 0.3) is 0 Å². The lowest BCUT2D eigenvalue weighted by Crippen LogP contribution is -2.42. The second kappa shape index (κ2) is 6.57. The van der Waals surface area contributed by atoms with Crippen LogP contribution < -0.4 is 10.5 Å². The minimum atomic E-state index is -0.818. The molecule has 3 N–H and O–H groups in total. The lowest BCUT2D eigenvalue weighted by Gasteiger charge is -2.34. The molecule has 1 aromatic rings. The standard InChI is InChI=1S/C15H23NO3/c1-4-13(16)15(2,10-14(17)18)9-11-7-5-6-8-12(11)19-3/h5-8,13H,4,9-10,16H2,1-3H3,(H,17,18). The largest absolute Gasteiger partial charge is 0.496 e. The van der Waals surface area contributed by atoms with Gasteiger partial charge in [0.1, 0.15) is 5.75 Å². The van der Waals surface area contributed by atoms with Gasteiger partial charge in [-0.05, 0) is 29.9 Å². The number of hydrogen-bond donors (Lipinski definition) is 2. The van der Waals surface area contributed by atoms with E-state index in [4.69, 9.17) is 15.6 Å². The van der Waals surface area contributed by atoms with E-state index in [1.165, 1.54) is 0 Å². The van der Waals surface area contributed by atoms with Crippen molar-refractivity contribution < 1.29 is 14.6 Å². The first kappa shape index (κ1) is 15.5. The number of benzene rings is 1. The Morgan fingerprint density at radius 2 is 2.11 bits per heavy atom. The molecule has 0 saturated carbocycles. The molecule has 0 aromatic heterocycles. The van der Waals surface area contributed by atoms with Gasteiger partial charge in [0.15, 0.2) is 0 Å². The number of rotatable bonds is 7. The fourth-order valence-corrected chi connectivity index (χ4v) is 2.45. The summed E-state index contributed by atoms with van der Waals surface area (Å²) in [4.78, 5) is 11.1.